The summed E-state index contributed by atoms with van der Waals surface area (Å²) in [5, 5.41) is 0.993. The first-order valence-electron chi connectivity index (χ1n) is 22.4. The highest BCUT2D eigenvalue weighted by molar-refractivity contribution is 6.32. The van der Waals surface area contributed by atoms with Crippen LogP contribution in [0.1, 0.15) is 158 Å². The largest absolute Gasteiger partial charge is 0.466 e. The summed E-state index contributed by atoms with van der Waals surface area (Å²) in [6.07, 6.45) is 31.2. The topological polar surface area (TPSA) is 32.6 Å². The first-order chi connectivity index (χ1) is 26.3. The Morgan fingerprint density at radius 2 is 1.73 bits per heavy atom. The average molecular weight is 769 g/mol. The van der Waals surface area contributed by atoms with Gasteiger partial charge in [-0.25, -0.2) is 0 Å². The number of ether oxygens (including phenoxy) is 1. The number of carbonyl (C=O) groups excluding carboxylic acids is 1. The molecule has 0 aromatic carbocycles. The Labute approximate surface area is 339 Å². The quantitative estimate of drug-likeness (QED) is 0.0945. The van der Waals surface area contributed by atoms with E-state index in [2.05, 4.69) is 88.8 Å². The minimum absolute atomic E-state index is 0.00663. The Bertz CT molecular complexity index is 1720. The maximum atomic E-state index is 12.8. The summed E-state index contributed by atoms with van der Waals surface area (Å²) in [5.41, 5.74) is 11.7. The Hall–Kier alpha value is -2.59. The van der Waals surface area contributed by atoms with E-state index in [1.165, 1.54) is 78.0 Å². The van der Waals surface area contributed by atoms with Crippen LogP contribution in [-0.2, 0) is 9.53 Å². The lowest BCUT2D eigenvalue weighted by Gasteiger charge is -2.57. The molecule has 4 nitrogen and oxygen atoms in total. The Morgan fingerprint density at radius 1 is 1.02 bits per heavy atom. The van der Waals surface area contributed by atoms with Gasteiger partial charge in [-0.15, -0.1) is 0 Å². The third-order valence-electron chi connectivity index (χ3n) is 15.5. The maximum absolute atomic E-state index is 12.8. The second kappa shape index (κ2) is 16.3. The van der Waals surface area contributed by atoms with Crippen molar-refractivity contribution < 1.29 is 14.1 Å². The van der Waals surface area contributed by atoms with Gasteiger partial charge in [0.15, 0.2) is 5.71 Å². The van der Waals surface area contributed by atoms with E-state index in [9.17, 15) is 4.79 Å². The van der Waals surface area contributed by atoms with Crippen molar-refractivity contribution in [3.05, 3.63) is 81.4 Å². The van der Waals surface area contributed by atoms with E-state index in [0.717, 1.165) is 100 Å². The zero-order chi connectivity index (χ0) is 39.1. The summed E-state index contributed by atoms with van der Waals surface area (Å²) in [5.74, 6) is 3.26. The van der Waals surface area contributed by atoms with Crippen LogP contribution < -0.4 is 0 Å². The third-order valence-corrected chi connectivity index (χ3v) is 16.0. The molecule has 5 heteroatoms. The van der Waals surface area contributed by atoms with Gasteiger partial charge in [0, 0.05) is 52.4 Å². The van der Waals surface area contributed by atoms with E-state index in [1.807, 2.05) is 6.08 Å². The van der Waals surface area contributed by atoms with E-state index in [-0.39, 0.29) is 16.8 Å². The number of unbranched alkanes of at least 4 members (excludes halogenated alkanes) is 2. The highest BCUT2D eigenvalue weighted by Crippen LogP contribution is 2.61. The van der Waals surface area contributed by atoms with Gasteiger partial charge in [-0.1, -0.05) is 63.1 Å². The van der Waals surface area contributed by atoms with Gasteiger partial charge < -0.3 is 9.64 Å². The van der Waals surface area contributed by atoms with Crippen LogP contribution in [0.15, 0.2) is 81.4 Å². The van der Waals surface area contributed by atoms with Crippen LogP contribution in [0.4, 0.5) is 0 Å². The van der Waals surface area contributed by atoms with Crippen molar-refractivity contribution in [3.63, 3.8) is 0 Å². The number of carbonyl (C=O) groups is 1. The molecule has 0 radical (unpaired) electrons. The summed E-state index contributed by atoms with van der Waals surface area (Å²) >= 11 is 7.34. The van der Waals surface area contributed by atoms with Crippen LogP contribution in [0.5, 0.6) is 0 Å². The molecule has 4 bridgehead atoms. The predicted molar refractivity (Wildman–Crippen MR) is 230 cm³/mol. The molecular weight excluding hydrogens is 696 g/mol. The zero-order valence-corrected chi connectivity index (χ0v) is 36.4. The van der Waals surface area contributed by atoms with Crippen molar-refractivity contribution in [2.75, 3.05) is 19.7 Å². The number of esters is 1. The number of allylic oxidation sites excluding steroid dienone is 10. The second-order valence-electron chi connectivity index (χ2n) is 19.9. The van der Waals surface area contributed by atoms with Gasteiger partial charge in [-0.2, -0.15) is 4.58 Å². The number of nitrogens with zero attached hydrogens (tertiary/aromatic N) is 2. The SMILES string of the molecule is C=CC1=C(C)C(C)(C)C(C(C)CC2=C(Cl)/C(=C/C=C3/N(CCCCCC(=O)OCCC45CC6CC(CC(C6)C4)C5)C4=C(CCC=C4)C3(C)C)CCC2)=[N+]1CC. The summed E-state index contributed by atoms with van der Waals surface area (Å²) in [6.45, 7) is 23.2. The molecule has 0 aromatic heterocycles. The molecule has 6 aliphatic carbocycles. The minimum Gasteiger partial charge on any atom is -0.466 e. The molecule has 2 aliphatic heterocycles. The number of likely N-dealkylation sites (N-methyl/N-ethyl adjacent to an activating group) is 1. The lowest BCUT2D eigenvalue weighted by atomic mass is 9.49. The van der Waals surface area contributed by atoms with Gasteiger partial charge in [0.1, 0.15) is 6.54 Å². The fourth-order valence-corrected chi connectivity index (χ4v) is 13.4. The molecule has 0 amide bonds. The fourth-order valence-electron chi connectivity index (χ4n) is 13.1. The molecule has 1 unspecified atom stereocenters. The van der Waals surface area contributed by atoms with Crippen molar-refractivity contribution in [1.29, 1.82) is 0 Å². The third kappa shape index (κ3) is 7.98. The standard InChI is InChI=1S/C50H72ClN2O2/c1-9-42-35(4)48(5,6)47(52(42)10-2)34(3)27-40-18-16-17-39(46(40)51)22-23-44-49(7,8)41-19-13-14-20-43(41)53(44)25-15-11-12-21-45(54)55-26-24-50-31-36-28-37(32-50)30-38(29-36)33-50/h9,14,20,22-23,34,36-38H,1,10-13,15-19,21,24-33H2,2-8H3/q+1/b39-22+,44-23+. The van der Waals surface area contributed by atoms with Crippen LogP contribution in [-0.4, -0.2) is 40.9 Å². The molecule has 0 saturated heterocycles. The molecule has 0 spiro atoms. The number of hydrogen-bond acceptors (Lipinski definition) is 3. The highest BCUT2D eigenvalue weighted by Gasteiger charge is 2.51. The lowest BCUT2D eigenvalue weighted by molar-refractivity contribution is -0.468. The zero-order valence-electron chi connectivity index (χ0n) is 35.6. The van der Waals surface area contributed by atoms with Crippen molar-refractivity contribution in [3.8, 4) is 0 Å². The Balaban J connectivity index is 0.967. The molecule has 4 saturated carbocycles. The monoisotopic (exact) mass is 768 g/mol. The van der Waals surface area contributed by atoms with E-state index in [0.29, 0.717) is 24.4 Å². The van der Waals surface area contributed by atoms with Gasteiger partial charge in [-0.05, 0) is 170 Å². The molecule has 1 atom stereocenters. The summed E-state index contributed by atoms with van der Waals surface area (Å²) in [4.78, 5) is 15.4. The smallest absolute Gasteiger partial charge is 0.305 e. The summed E-state index contributed by atoms with van der Waals surface area (Å²) in [7, 11) is 0. The minimum atomic E-state index is -0.0259. The Morgan fingerprint density at radius 3 is 2.40 bits per heavy atom. The van der Waals surface area contributed by atoms with E-state index < -0.39 is 0 Å². The van der Waals surface area contributed by atoms with E-state index in [4.69, 9.17) is 16.3 Å². The van der Waals surface area contributed by atoms with Crippen molar-refractivity contribution in [1.82, 2.24) is 4.90 Å². The highest BCUT2D eigenvalue weighted by atomic mass is 35.5. The van der Waals surface area contributed by atoms with Crippen LogP contribution in [0.3, 0.4) is 0 Å². The molecule has 0 aromatic rings. The van der Waals surface area contributed by atoms with E-state index in [1.54, 1.807) is 5.57 Å². The first kappa shape index (κ1) is 40.6. The van der Waals surface area contributed by atoms with Crippen molar-refractivity contribution in [2.24, 2.45) is 39.9 Å². The fraction of sp³-hybridized carbons (Fsp3) is 0.680. The molecule has 8 aliphatic rings. The number of halogens is 1. The van der Waals surface area contributed by atoms with Gasteiger partial charge >= 0.3 is 5.97 Å². The molecular formula is C50H72ClN2O2+. The van der Waals surface area contributed by atoms with Gasteiger partial charge in [-0.3, -0.25) is 4.79 Å². The second-order valence-corrected chi connectivity index (χ2v) is 20.2. The Kier molecular flexibility index (Phi) is 12.1. The summed E-state index contributed by atoms with van der Waals surface area (Å²) < 4.78 is 8.36. The molecule has 2 heterocycles. The van der Waals surface area contributed by atoms with Gasteiger partial charge in [0.2, 0.25) is 5.70 Å². The van der Waals surface area contributed by atoms with Crippen LogP contribution >= 0.6 is 11.6 Å². The normalized spacial score (nSPS) is 31.4. The predicted octanol–water partition coefficient (Wildman–Crippen LogP) is 13.1. The molecule has 55 heavy (non-hydrogen) atoms. The average Bonchev–Trinajstić information content (AvgIpc) is 3.48. The van der Waals surface area contributed by atoms with E-state index >= 15 is 0 Å². The van der Waals surface area contributed by atoms with Crippen molar-refractivity contribution in [2.45, 2.75) is 158 Å². The first-order valence-corrected chi connectivity index (χ1v) is 22.8. The molecule has 0 N–H and O–H groups in total. The van der Waals surface area contributed by atoms with Crippen LogP contribution in [0.25, 0.3) is 0 Å². The molecule has 4 fully saturated rings. The van der Waals surface area contributed by atoms with Gasteiger partial charge in [0.05, 0.1) is 12.0 Å². The number of hydrogen-bond donors (Lipinski definition) is 0. The van der Waals surface area contributed by atoms with Gasteiger partial charge in [0.25, 0.3) is 0 Å². The number of rotatable bonds is 15. The lowest BCUT2D eigenvalue weighted by Crippen LogP contribution is -2.46. The van der Waals surface area contributed by atoms with Crippen LogP contribution in [0, 0.1) is 39.9 Å². The summed E-state index contributed by atoms with van der Waals surface area (Å²) in [6, 6.07) is 0. The molecule has 8 rings (SSSR count). The molecule has 300 valence electrons. The maximum Gasteiger partial charge on any atom is 0.305 e. The van der Waals surface area contributed by atoms with Crippen molar-refractivity contribution >= 4 is 23.3 Å². The van der Waals surface area contributed by atoms with Crippen LogP contribution in [0.2, 0.25) is 0 Å².